The SMILES string of the molecule is O=C1CCCN1CCCNc1nc2c(-c3cccc(F)c3)nnn2c2ccc(Cl)cc12. The molecule has 0 bridgehead atoms. The van der Waals surface area contributed by atoms with Crippen molar-refractivity contribution >= 4 is 39.9 Å². The first kappa shape index (κ1) is 19.7. The lowest BCUT2D eigenvalue weighted by Gasteiger charge is -2.16. The molecule has 1 amide bonds. The summed E-state index contributed by atoms with van der Waals surface area (Å²) in [7, 11) is 0. The van der Waals surface area contributed by atoms with Crippen molar-refractivity contribution in [3.05, 3.63) is 53.3 Å². The summed E-state index contributed by atoms with van der Waals surface area (Å²) in [6, 6.07) is 11.7. The van der Waals surface area contributed by atoms with E-state index in [1.54, 1.807) is 22.7 Å². The lowest BCUT2D eigenvalue weighted by Crippen LogP contribution is -2.27. The zero-order valence-electron chi connectivity index (χ0n) is 16.7. The van der Waals surface area contributed by atoms with Gasteiger partial charge in [-0.1, -0.05) is 28.9 Å². The minimum atomic E-state index is -0.346. The molecule has 5 rings (SSSR count). The third-order valence-electron chi connectivity index (χ3n) is 5.47. The van der Waals surface area contributed by atoms with Crippen LogP contribution in [-0.2, 0) is 4.79 Å². The molecule has 1 aliphatic rings. The van der Waals surface area contributed by atoms with Crippen LogP contribution >= 0.6 is 11.6 Å². The van der Waals surface area contributed by atoms with E-state index in [4.69, 9.17) is 16.6 Å². The van der Waals surface area contributed by atoms with Crippen molar-refractivity contribution in [3.63, 3.8) is 0 Å². The number of fused-ring (bicyclic) bond motifs is 3. The van der Waals surface area contributed by atoms with Crippen LogP contribution in [0.2, 0.25) is 5.02 Å². The van der Waals surface area contributed by atoms with E-state index in [1.165, 1.54) is 12.1 Å². The van der Waals surface area contributed by atoms with Gasteiger partial charge in [-0.05, 0) is 43.2 Å². The number of aromatic nitrogens is 4. The molecule has 158 valence electrons. The van der Waals surface area contributed by atoms with Crippen LogP contribution in [0.25, 0.3) is 27.8 Å². The summed E-state index contributed by atoms with van der Waals surface area (Å²) >= 11 is 6.24. The number of benzene rings is 2. The molecular formula is C22H20ClFN6O. The fraction of sp³-hybridized carbons (Fsp3) is 0.273. The number of nitrogens with one attached hydrogen (secondary N) is 1. The molecule has 0 unspecified atom stereocenters. The standard InChI is InChI=1S/C22H20ClFN6O/c23-15-7-8-18-17(13-15)21(25-9-3-11-29-10-2-6-19(29)31)26-22-20(27-28-30(18)22)14-4-1-5-16(24)12-14/h1,4-5,7-8,12-13H,2-3,6,9-11H2,(H,25,26). The maximum absolute atomic E-state index is 13.8. The lowest BCUT2D eigenvalue weighted by molar-refractivity contribution is -0.127. The molecule has 9 heteroatoms. The van der Waals surface area contributed by atoms with Crippen LogP contribution in [0.5, 0.6) is 0 Å². The first-order valence-electron chi connectivity index (χ1n) is 10.2. The maximum Gasteiger partial charge on any atom is 0.222 e. The topological polar surface area (TPSA) is 75.4 Å². The first-order chi connectivity index (χ1) is 15.1. The highest BCUT2D eigenvalue weighted by molar-refractivity contribution is 6.31. The summed E-state index contributed by atoms with van der Waals surface area (Å²) in [6.07, 6.45) is 2.38. The van der Waals surface area contributed by atoms with Crippen molar-refractivity contribution in [1.82, 2.24) is 24.7 Å². The number of carbonyl (C=O) groups excluding carboxylic acids is 1. The average molecular weight is 439 g/mol. The van der Waals surface area contributed by atoms with Gasteiger partial charge in [-0.2, -0.15) is 4.52 Å². The molecule has 0 saturated carbocycles. The number of anilines is 1. The number of hydrogen-bond acceptors (Lipinski definition) is 5. The van der Waals surface area contributed by atoms with Crippen LogP contribution in [-0.4, -0.2) is 50.3 Å². The van der Waals surface area contributed by atoms with Crippen LogP contribution < -0.4 is 5.32 Å². The number of hydrogen-bond donors (Lipinski definition) is 1. The van der Waals surface area contributed by atoms with Crippen LogP contribution in [0.1, 0.15) is 19.3 Å². The molecule has 3 heterocycles. The molecule has 1 fully saturated rings. The summed E-state index contributed by atoms with van der Waals surface area (Å²) < 4.78 is 15.4. The third-order valence-corrected chi connectivity index (χ3v) is 5.71. The molecule has 0 radical (unpaired) electrons. The van der Waals surface area contributed by atoms with E-state index >= 15 is 0 Å². The molecule has 1 aliphatic heterocycles. The highest BCUT2D eigenvalue weighted by Gasteiger charge is 2.20. The van der Waals surface area contributed by atoms with Gasteiger partial charge in [0.15, 0.2) is 5.65 Å². The summed E-state index contributed by atoms with van der Waals surface area (Å²) in [5.41, 5.74) is 2.43. The average Bonchev–Trinajstić information content (AvgIpc) is 3.37. The monoisotopic (exact) mass is 438 g/mol. The van der Waals surface area contributed by atoms with Crippen molar-refractivity contribution in [3.8, 4) is 11.3 Å². The van der Waals surface area contributed by atoms with Gasteiger partial charge in [-0.3, -0.25) is 4.79 Å². The van der Waals surface area contributed by atoms with E-state index in [0.29, 0.717) is 40.7 Å². The molecule has 0 aliphatic carbocycles. The Bertz CT molecular complexity index is 1290. The smallest absolute Gasteiger partial charge is 0.222 e. The molecule has 1 saturated heterocycles. The molecule has 2 aromatic carbocycles. The maximum atomic E-state index is 13.8. The number of rotatable bonds is 6. The summed E-state index contributed by atoms with van der Waals surface area (Å²) in [4.78, 5) is 18.5. The van der Waals surface area contributed by atoms with E-state index in [2.05, 4.69) is 15.6 Å². The predicted molar refractivity (Wildman–Crippen MR) is 118 cm³/mol. The zero-order chi connectivity index (χ0) is 21.4. The van der Waals surface area contributed by atoms with Crippen molar-refractivity contribution in [2.45, 2.75) is 19.3 Å². The Morgan fingerprint density at radius 3 is 2.90 bits per heavy atom. The van der Waals surface area contributed by atoms with Gasteiger partial charge in [0.1, 0.15) is 17.3 Å². The first-order valence-corrected chi connectivity index (χ1v) is 10.6. The van der Waals surface area contributed by atoms with E-state index < -0.39 is 0 Å². The van der Waals surface area contributed by atoms with Gasteiger partial charge < -0.3 is 10.2 Å². The van der Waals surface area contributed by atoms with Crippen molar-refractivity contribution in [1.29, 1.82) is 0 Å². The van der Waals surface area contributed by atoms with E-state index in [-0.39, 0.29) is 11.7 Å². The number of amides is 1. The number of nitrogens with zero attached hydrogens (tertiary/aromatic N) is 5. The molecule has 31 heavy (non-hydrogen) atoms. The molecular weight excluding hydrogens is 419 g/mol. The summed E-state index contributed by atoms with van der Waals surface area (Å²) in [6.45, 7) is 2.20. The van der Waals surface area contributed by atoms with Crippen molar-refractivity contribution < 1.29 is 9.18 Å². The molecule has 0 spiro atoms. The third kappa shape index (κ3) is 3.79. The number of carbonyl (C=O) groups is 1. The van der Waals surface area contributed by atoms with Gasteiger partial charge in [-0.25, -0.2) is 9.37 Å². The fourth-order valence-electron chi connectivity index (χ4n) is 3.96. The normalized spacial score (nSPS) is 14.1. The second-order valence-corrected chi connectivity index (χ2v) is 8.01. The van der Waals surface area contributed by atoms with Gasteiger partial charge in [0.2, 0.25) is 5.91 Å². The Morgan fingerprint density at radius 1 is 1.19 bits per heavy atom. The molecule has 0 atom stereocenters. The second-order valence-electron chi connectivity index (χ2n) is 7.57. The van der Waals surface area contributed by atoms with Gasteiger partial charge >= 0.3 is 0 Å². The Balaban J connectivity index is 1.50. The molecule has 7 nitrogen and oxygen atoms in total. The van der Waals surface area contributed by atoms with E-state index in [0.717, 1.165) is 36.8 Å². The van der Waals surface area contributed by atoms with Gasteiger partial charge in [0.25, 0.3) is 0 Å². The molecule has 2 aromatic heterocycles. The van der Waals surface area contributed by atoms with Gasteiger partial charge in [0, 0.05) is 42.0 Å². The van der Waals surface area contributed by atoms with E-state index in [1.807, 2.05) is 17.0 Å². The number of likely N-dealkylation sites (tertiary alicyclic amines) is 1. The van der Waals surface area contributed by atoms with Crippen LogP contribution in [0, 0.1) is 5.82 Å². The van der Waals surface area contributed by atoms with Crippen LogP contribution in [0.3, 0.4) is 0 Å². The second kappa shape index (κ2) is 8.11. The lowest BCUT2D eigenvalue weighted by atomic mass is 10.1. The van der Waals surface area contributed by atoms with Crippen molar-refractivity contribution in [2.75, 3.05) is 25.0 Å². The Morgan fingerprint density at radius 2 is 2.10 bits per heavy atom. The largest absolute Gasteiger partial charge is 0.369 e. The molecule has 4 aromatic rings. The van der Waals surface area contributed by atoms with Crippen LogP contribution in [0.4, 0.5) is 10.2 Å². The zero-order valence-corrected chi connectivity index (χ0v) is 17.4. The minimum absolute atomic E-state index is 0.224. The fourth-order valence-corrected chi connectivity index (χ4v) is 4.13. The highest BCUT2D eigenvalue weighted by Crippen LogP contribution is 2.30. The summed E-state index contributed by atoms with van der Waals surface area (Å²) in [5.74, 6) is 0.528. The molecule has 1 N–H and O–H groups in total. The quantitative estimate of drug-likeness (QED) is 0.457. The van der Waals surface area contributed by atoms with E-state index in [9.17, 15) is 9.18 Å². The number of halogens is 2. The highest BCUT2D eigenvalue weighted by atomic mass is 35.5. The Kier molecular flexibility index (Phi) is 5.15. The predicted octanol–water partition coefficient (Wildman–Crippen LogP) is 4.16. The minimum Gasteiger partial charge on any atom is -0.369 e. The van der Waals surface area contributed by atoms with Crippen molar-refractivity contribution in [2.24, 2.45) is 0 Å². The van der Waals surface area contributed by atoms with Gasteiger partial charge in [0.05, 0.1) is 5.52 Å². The van der Waals surface area contributed by atoms with Gasteiger partial charge in [-0.15, -0.1) is 5.10 Å². The Hall–Kier alpha value is -3.26. The summed E-state index contributed by atoms with van der Waals surface area (Å²) in [5, 5.41) is 13.3. The Labute approximate surface area is 182 Å². The van der Waals surface area contributed by atoms with Crippen LogP contribution in [0.15, 0.2) is 42.5 Å².